The van der Waals surface area contributed by atoms with E-state index in [9.17, 15) is 9.59 Å². The summed E-state index contributed by atoms with van der Waals surface area (Å²) in [5, 5.41) is 2.30. The zero-order valence-corrected chi connectivity index (χ0v) is 8.31. The number of carbonyl (C=O) groups excluding carboxylic acids is 2. The zero-order valence-electron chi connectivity index (χ0n) is 8.31. The first-order valence-corrected chi connectivity index (χ1v) is 4.62. The van der Waals surface area contributed by atoms with Crippen molar-refractivity contribution in [2.75, 3.05) is 0 Å². The standard InChI is InChI=1S/C10H15NO2/c1-4-7(6(2)3)8-5-9(12)11-10(8)13/h6H,4-5H2,1-3H3,(H,11,12,13). The molecule has 0 bridgehead atoms. The van der Waals surface area contributed by atoms with Gasteiger partial charge in [0, 0.05) is 5.57 Å². The third-order valence-electron chi connectivity index (χ3n) is 2.33. The maximum Gasteiger partial charge on any atom is 0.254 e. The zero-order chi connectivity index (χ0) is 10.0. The number of rotatable bonds is 2. The summed E-state index contributed by atoms with van der Waals surface area (Å²) >= 11 is 0. The van der Waals surface area contributed by atoms with Gasteiger partial charge in [0.15, 0.2) is 0 Å². The molecule has 0 saturated carbocycles. The molecule has 1 fully saturated rings. The topological polar surface area (TPSA) is 46.2 Å². The largest absolute Gasteiger partial charge is 0.292 e. The Labute approximate surface area is 78.2 Å². The van der Waals surface area contributed by atoms with Crippen molar-refractivity contribution in [2.24, 2.45) is 5.92 Å². The average Bonchev–Trinajstić information content (AvgIpc) is 2.31. The molecule has 3 heteroatoms. The minimum atomic E-state index is -0.199. The first-order valence-electron chi connectivity index (χ1n) is 4.62. The number of nitrogens with one attached hydrogen (secondary N) is 1. The maximum atomic E-state index is 11.3. The third kappa shape index (κ3) is 1.97. The second-order valence-electron chi connectivity index (χ2n) is 3.57. The number of imide groups is 1. The van der Waals surface area contributed by atoms with E-state index in [1.54, 1.807) is 0 Å². The van der Waals surface area contributed by atoms with E-state index in [0.29, 0.717) is 11.5 Å². The predicted octanol–water partition coefficient (Wildman–Crippen LogP) is 1.40. The summed E-state index contributed by atoms with van der Waals surface area (Å²) < 4.78 is 0. The molecule has 1 rings (SSSR count). The lowest BCUT2D eigenvalue weighted by molar-refractivity contribution is -0.124. The van der Waals surface area contributed by atoms with Gasteiger partial charge in [-0.25, -0.2) is 0 Å². The minimum absolute atomic E-state index is 0.174. The van der Waals surface area contributed by atoms with E-state index in [0.717, 1.165) is 12.0 Å². The van der Waals surface area contributed by atoms with Crippen LogP contribution in [0.15, 0.2) is 11.1 Å². The number of allylic oxidation sites excluding steroid dienone is 1. The fourth-order valence-corrected chi connectivity index (χ4v) is 1.72. The Morgan fingerprint density at radius 1 is 1.46 bits per heavy atom. The molecule has 0 aromatic rings. The van der Waals surface area contributed by atoms with Crippen LogP contribution in [0.2, 0.25) is 0 Å². The number of hydrogen-bond donors (Lipinski definition) is 1. The smallest absolute Gasteiger partial charge is 0.254 e. The van der Waals surface area contributed by atoms with Gasteiger partial charge >= 0.3 is 0 Å². The third-order valence-corrected chi connectivity index (χ3v) is 2.33. The van der Waals surface area contributed by atoms with Crippen molar-refractivity contribution in [2.45, 2.75) is 33.6 Å². The van der Waals surface area contributed by atoms with E-state index < -0.39 is 0 Å². The Bertz CT molecular complexity index is 277. The molecule has 13 heavy (non-hydrogen) atoms. The van der Waals surface area contributed by atoms with Gasteiger partial charge in [0.05, 0.1) is 6.42 Å². The molecular weight excluding hydrogens is 166 g/mol. The van der Waals surface area contributed by atoms with Crippen molar-refractivity contribution in [3.05, 3.63) is 11.1 Å². The van der Waals surface area contributed by atoms with Crippen LogP contribution < -0.4 is 5.32 Å². The highest BCUT2D eigenvalue weighted by Crippen LogP contribution is 2.23. The summed E-state index contributed by atoms with van der Waals surface area (Å²) in [6.45, 7) is 6.10. The van der Waals surface area contributed by atoms with Gasteiger partial charge in [0.2, 0.25) is 5.91 Å². The van der Waals surface area contributed by atoms with Crippen molar-refractivity contribution >= 4 is 11.8 Å². The van der Waals surface area contributed by atoms with E-state index in [1.807, 2.05) is 20.8 Å². The highest BCUT2D eigenvalue weighted by Gasteiger charge is 2.27. The van der Waals surface area contributed by atoms with Gasteiger partial charge in [-0.1, -0.05) is 26.3 Å². The van der Waals surface area contributed by atoms with E-state index in [4.69, 9.17) is 0 Å². The van der Waals surface area contributed by atoms with Crippen molar-refractivity contribution in [1.29, 1.82) is 0 Å². The quantitative estimate of drug-likeness (QED) is 0.517. The Hall–Kier alpha value is -1.12. The molecule has 0 aliphatic carbocycles. The predicted molar refractivity (Wildman–Crippen MR) is 49.9 cm³/mol. The van der Waals surface area contributed by atoms with Gasteiger partial charge in [-0.3, -0.25) is 14.9 Å². The van der Waals surface area contributed by atoms with Gasteiger partial charge in [-0.2, -0.15) is 0 Å². The number of amides is 2. The molecule has 3 nitrogen and oxygen atoms in total. The molecule has 0 aromatic carbocycles. The summed E-state index contributed by atoms with van der Waals surface area (Å²) in [6.07, 6.45) is 1.11. The van der Waals surface area contributed by atoms with Gasteiger partial charge in [0.1, 0.15) is 0 Å². The van der Waals surface area contributed by atoms with Crippen molar-refractivity contribution in [3.8, 4) is 0 Å². The van der Waals surface area contributed by atoms with E-state index in [-0.39, 0.29) is 18.2 Å². The monoisotopic (exact) mass is 181 g/mol. The second kappa shape index (κ2) is 3.73. The van der Waals surface area contributed by atoms with Gasteiger partial charge in [0.25, 0.3) is 5.91 Å². The molecule has 0 aromatic heterocycles. The molecule has 0 atom stereocenters. The summed E-state index contributed by atoms with van der Waals surface area (Å²) in [4.78, 5) is 22.2. The van der Waals surface area contributed by atoms with E-state index in [1.165, 1.54) is 0 Å². The second-order valence-corrected chi connectivity index (χ2v) is 3.57. The summed E-state index contributed by atoms with van der Waals surface area (Å²) in [5.74, 6) is -0.0289. The van der Waals surface area contributed by atoms with E-state index in [2.05, 4.69) is 5.32 Å². The Kier molecular flexibility index (Phi) is 2.86. The molecular formula is C10H15NO2. The van der Waals surface area contributed by atoms with Crippen LogP contribution in [0.1, 0.15) is 33.6 Å². The normalized spacial score (nSPS) is 20.9. The molecule has 0 unspecified atom stereocenters. The van der Waals surface area contributed by atoms with Crippen molar-refractivity contribution in [1.82, 2.24) is 5.32 Å². The molecule has 1 aliphatic heterocycles. The minimum Gasteiger partial charge on any atom is -0.292 e. The summed E-state index contributed by atoms with van der Waals surface area (Å²) in [7, 11) is 0. The van der Waals surface area contributed by atoms with Crippen LogP contribution in [0.4, 0.5) is 0 Å². The average molecular weight is 181 g/mol. The molecule has 1 saturated heterocycles. The first-order chi connectivity index (χ1) is 6.06. The van der Waals surface area contributed by atoms with Crippen molar-refractivity contribution < 1.29 is 9.59 Å². The van der Waals surface area contributed by atoms with Crippen LogP contribution in [-0.2, 0) is 9.59 Å². The molecule has 72 valence electrons. The van der Waals surface area contributed by atoms with Crippen LogP contribution in [-0.4, -0.2) is 11.8 Å². The summed E-state index contributed by atoms with van der Waals surface area (Å²) in [6, 6.07) is 0. The van der Waals surface area contributed by atoms with Crippen molar-refractivity contribution in [3.63, 3.8) is 0 Å². The maximum absolute atomic E-state index is 11.3. The SMILES string of the molecule is CCC(=C1CC(=O)NC1=O)C(C)C. The summed E-state index contributed by atoms with van der Waals surface area (Å²) in [5.41, 5.74) is 1.78. The van der Waals surface area contributed by atoms with Gasteiger partial charge in [-0.15, -0.1) is 0 Å². The van der Waals surface area contributed by atoms with Crippen LogP contribution in [0.5, 0.6) is 0 Å². The van der Waals surface area contributed by atoms with Crippen LogP contribution >= 0.6 is 0 Å². The molecule has 0 radical (unpaired) electrons. The van der Waals surface area contributed by atoms with Crippen LogP contribution in [0.3, 0.4) is 0 Å². The molecule has 1 heterocycles. The highest BCUT2D eigenvalue weighted by atomic mass is 16.2. The number of carbonyl (C=O) groups is 2. The molecule has 1 aliphatic rings. The molecule has 1 N–H and O–H groups in total. The Morgan fingerprint density at radius 2 is 2.08 bits per heavy atom. The van der Waals surface area contributed by atoms with Crippen LogP contribution in [0.25, 0.3) is 0 Å². The lowest BCUT2D eigenvalue weighted by atomic mass is 9.94. The van der Waals surface area contributed by atoms with Gasteiger partial charge in [-0.05, 0) is 12.3 Å². The lowest BCUT2D eigenvalue weighted by Crippen LogP contribution is -2.20. The fraction of sp³-hybridized carbons (Fsp3) is 0.600. The Morgan fingerprint density at radius 3 is 2.38 bits per heavy atom. The van der Waals surface area contributed by atoms with E-state index >= 15 is 0 Å². The number of hydrogen-bond acceptors (Lipinski definition) is 2. The molecule has 2 amide bonds. The molecule has 0 spiro atoms. The first kappa shape index (κ1) is 9.96. The lowest BCUT2D eigenvalue weighted by Gasteiger charge is -2.10. The van der Waals surface area contributed by atoms with Crippen LogP contribution in [0, 0.1) is 5.92 Å². The fourth-order valence-electron chi connectivity index (χ4n) is 1.72. The Balaban J connectivity index is 3.01. The highest BCUT2D eigenvalue weighted by molar-refractivity contribution is 6.13. The van der Waals surface area contributed by atoms with Gasteiger partial charge < -0.3 is 0 Å².